The van der Waals surface area contributed by atoms with E-state index in [1.54, 1.807) is 12.5 Å². The molecule has 0 aromatic carbocycles. The maximum atomic E-state index is 5.39. The van der Waals surface area contributed by atoms with E-state index in [1.165, 1.54) is 18.5 Å². The van der Waals surface area contributed by atoms with Gasteiger partial charge < -0.3 is 9.32 Å². The third-order valence-electron chi connectivity index (χ3n) is 4.85. The number of piperidine rings is 1. The minimum absolute atomic E-state index is 0.387. The molecular formula is C16H18N6O. The highest BCUT2D eigenvalue weighted by molar-refractivity contribution is 5.38. The molecule has 4 heterocycles. The van der Waals surface area contributed by atoms with Crippen LogP contribution in [0.25, 0.3) is 5.65 Å². The number of hydrogen-bond donors (Lipinski definition) is 0. The highest BCUT2D eigenvalue weighted by Crippen LogP contribution is 2.39. The van der Waals surface area contributed by atoms with Crippen molar-refractivity contribution in [3.05, 3.63) is 36.1 Å². The smallest absolute Gasteiger partial charge is 0.297 e. The van der Waals surface area contributed by atoms with Crippen molar-refractivity contribution in [2.45, 2.75) is 37.5 Å². The van der Waals surface area contributed by atoms with Gasteiger partial charge in [0, 0.05) is 24.9 Å². The molecule has 118 valence electrons. The lowest BCUT2D eigenvalue weighted by molar-refractivity contribution is 0.442. The highest BCUT2D eigenvalue weighted by atomic mass is 16.4. The molecule has 0 spiro atoms. The Labute approximate surface area is 133 Å². The lowest BCUT2D eigenvalue weighted by Crippen LogP contribution is -2.33. The van der Waals surface area contributed by atoms with Gasteiger partial charge in [-0.1, -0.05) is 0 Å². The molecule has 0 radical (unpaired) electrons. The molecule has 0 N–H and O–H groups in total. The van der Waals surface area contributed by atoms with E-state index in [0.717, 1.165) is 37.4 Å². The third kappa shape index (κ3) is 2.27. The Morgan fingerprint density at radius 2 is 1.87 bits per heavy atom. The number of aromatic nitrogens is 5. The van der Waals surface area contributed by atoms with E-state index in [0.29, 0.717) is 17.9 Å². The van der Waals surface area contributed by atoms with Gasteiger partial charge in [0.1, 0.15) is 6.26 Å². The second-order valence-electron chi connectivity index (χ2n) is 6.44. The van der Waals surface area contributed by atoms with Gasteiger partial charge in [-0.05, 0) is 37.8 Å². The summed E-state index contributed by atoms with van der Waals surface area (Å²) in [4.78, 5) is 6.41. The fourth-order valence-electron chi connectivity index (χ4n) is 3.37. The summed E-state index contributed by atoms with van der Waals surface area (Å²) in [5.41, 5.74) is 2.02. The van der Waals surface area contributed by atoms with Crippen LogP contribution in [0.15, 0.2) is 29.0 Å². The van der Waals surface area contributed by atoms with Gasteiger partial charge in [0.25, 0.3) is 6.01 Å². The predicted molar refractivity (Wildman–Crippen MR) is 83.4 cm³/mol. The van der Waals surface area contributed by atoms with Crippen molar-refractivity contribution >= 4 is 11.7 Å². The number of rotatable bonds is 3. The Morgan fingerprint density at radius 3 is 2.61 bits per heavy atom. The molecule has 0 unspecified atom stereocenters. The Morgan fingerprint density at radius 1 is 1.00 bits per heavy atom. The zero-order chi connectivity index (χ0) is 15.2. The Kier molecular flexibility index (Phi) is 2.86. The van der Waals surface area contributed by atoms with Crippen molar-refractivity contribution in [1.29, 1.82) is 0 Å². The Balaban J connectivity index is 1.39. The molecule has 0 amide bonds. The van der Waals surface area contributed by atoms with E-state index in [2.05, 4.69) is 26.1 Å². The zero-order valence-corrected chi connectivity index (χ0v) is 12.8. The van der Waals surface area contributed by atoms with Crippen LogP contribution >= 0.6 is 0 Å². The zero-order valence-electron chi connectivity index (χ0n) is 12.8. The maximum absolute atomic E-state index is 5.39. The van der Waals surface area contributed by atoms with Crippen LogP contribution in [0.3, 0.4) is 0 Å². The van der Waals surface area contributed by atoms with Crippen molar-refractivity contribution in [3.8, 4) is 0 Å². The molecule has 2 aliphatic rings. The second-order valence-corrected chi connectivity index (χ2v) is 6.44. The minimum Gasteiger partial charge on any atom is -0.432 e. The summed E-state index contributed by atoms with van der Waals surface area (Å²) < 4.78 is 7.34. The van der Waals surface area contributed by atoms with E-state index in [9.17, 15) is 0 Å². The summed E-state index contributed by atoms with van der Waals surface area (Å²) in [5.74, 6) is 2.02. The van der Waals surface area contributed by atoms with Gasteiger partial charge in [-0.15, -0.1) is 10.2 Å². The molecule has 2 fully saturated rings. The Hall–Kier alpha value is -2.44. The average molecular weight is 310 g/mol. The van der Waals surface area contributed by atoms with E-state index in [-0.39, 0.29) is 0 Å². The molecular weight excluding hydrogens is 292 g/mol. The van der Waals surface area contributed by atoms with Crippen LogP contribution in [-0.4, -0.2) is 37.9 Å². The number of fused-ring (bicyclic) bond motifs is 1. The van der Waals surface area contributed by atoms with Gasteiger partial charge in [0.15, 0.2) is 11.5 Å². The summed E-state index contributed by atoms with van der Waals surface area (Å²) in [6, 6.07) is 4.85. The Bertz CT molecular complexity index is 814. The van der Waals surface area contributed by atoms with Gasteiger partial charge in [-0.3, -0.25) is 0 Å². The summed E-state index contributed by atoms with van der Waals surface area (Å²) >= 11 is 0. The number of anilines is 1. The van der Waals surface area contributed by atoms with Crippen molar-refractivity contribution in [2.24, 2.45) is 0 Å². The van der Waals surface area contributed by atoms with Crippen molar-refractivity contribution in [3.63, 3.8) is 0 Å². The maximum Gasteiger partial charge on any atom is 0.297 e. The molecule has 5 rings (SSSR count). The van der Waals surface area contributed by atoms with E-state index in [1.807, 2.05) is 10.6 Å². The van der Waals surface area contributed by atoms with Gasteiger partial charge in [-0.2, -0.15) is 9.61 Å². The van der Waals surface area contributed by atoms with Gasteiger partial charge >= 0.3 is 0 Å². The van der Waals surface area contributed by atoms with Crippen molar-refractivity contribution < 1.29 is 4.42 Å². The van der Waals surface area contributed by atoms with Crippen LogP contribution < -0.4 is 4.90 Å². The highest BCUT2D eigenvalue weighted by Gasteiger charge is 2.29. The van der Waals surface area contributed by atoms with E-state index in [4.69, 9.17) is 9.52 Å². The first-order chi connectivity index (χ1) is 11.4. The summed E-state index contributed by atoms with van der Waals surface area (Å²) in [7, 11) is 0. The molecule has 1 aliphatic heterocycles. The SMILES string of the molecule is c1coc(N2CCC(c3nnc4ccc(C5CC5)nn34)CC2)n1. The molecule has 1 aliphatic carbocycles. The average Bonchev–Trinajstić information content (AvgIpc) is 3.14. The lowest BCUT2D eigenvalue weighted by atomic mass is 9.96. The molecule has 3 aromatic rings. The normalized spacial score (nSPS) is 19.6. The molecule has 0 bridgehead atoms. The van der Waals surface area contributed by atoms with Gasteiger partial charge in [0.05, 0.1) is 11.9 Å². The van der Waals surface area contributed by atoms with Crippen molar-refractivity contribution in [1.82, 2.24) is 24.8 Å². The van der Waals surface area contributed by atoms with Crippen LogP contribution in [0, 0.1) is 0 Å². The number of nitrogens with zero attached hydrogens (tertiary/aromatic N) is 6. The van der Waals surface area contributed by atoms with Crippen LogP contribution in [0.1, 0.15) is 49.0 Å². The summed E-state index contributed by atoms with van der Waals surface area (Å²) in [6.07, 6.45) is 7.85. The minimum atomic E-state index is 0.387. The van der Waals surface area contributed by atoms with Gasteiger partial charge in [0.2, 0.25) is 0 Å². The van der Waals surface area contributed by atoms with Crippen LogP contribution in [-0.2, 0) is 0 Å². The monoisotopic (exact) mass is 310 g/mol. The fraction of sp³-hybridized carbons (Fsp3) is 0.500. The third-order valence-corrected chi connectivity index (χ3v) is 4.85. The first-order valence-corrected chi connectivity index (χ1v) is 8.25. The first-order valence-electron chi connectivity index (χ1n) is 8.25. The number of hydrogen-bond acceptors (Lipinski definition) is 6. The van der Waals surface area contributed by atoms with E-state index < -0.39 is 0 Å². The standard InChI is InChI=1S/C16H18N6O/c1-2-11(1)13-3-4-14-18-19-15(22(14)20-13)12-5-8-21(9-6-12)16-17-7-10-23-16/h3-4,7,10-12H,1-2,5-6,8-9H2. The van der Waals surface area contributed by atoms with Crippen LogP contribution in [0.5, 0.6) is 0 Å². The molecule has 0 atom stereocenters. The van der Waals surface area contributed by atoms with Crippen LogP contribution in [0.4, 0.5) is 6.01 Å². The topological polar surface area (TPSA) is 72.4 Å². The van der Waals surface area contributed by atoms with Crippen molar-refractivity contribution in [2.75, 3.05) is 18.0 Å². The van der Waals surface area contributed by atoms with E-state index >= 15 is 0 Å². The predicted octanol–water partition coefficient (Wildman–Crippen LogP) is 2.37. The molecule has 1 saturated carbocycles. The van der Waals surface area contributed by atoms with Crippen LogP contribution in [0.2, 0.25) is 0 Å². The first kappa shape index (κ1) is 13.0. The molecule has 7 heteroatoms. The quantitative estimate of drug-likeness (QED) is 0.739. The molecule has 3 aromatic heterocycles. The lowest BCUT2D eigenvalue weighted by Gasteiger charge is -2.29. The largest absolute Gasteiger partial charge is 0.432 e. The fourth-order valence-corrected chi connectivity index (χ4v) is 3.37. The summed E-state index contributed by atoms with van der Waals surface area (Å²) in [6.45, 7) is 1.84. The summed E-state index contributed by atoms with van der Waals surface area (Å²) in [5, 5.41) is 13.5. The molecule has 23 heavy (non-hydrogen) atoms. The second kappa shape index (κ2) is 5.04. The van der Waals surface area contributed by atoms with Gasteiger partial charge in [-0.25, -0.2) is 4.98 Å². The molecule has 1 saturated heterocycles. The number of oxazole rings is 1. The molecule has 7 nitrogen and oxygen atoms in total.